The van der Waals surface area contributed by atoms with Gasteiger partial charge in [0.1, 0.15) is 0 Å². The van der Waals surface area contributed by atoms with E-state index in [-0.39, 0.29) is 12.6 Å². The van der Waals surface area contributed by atoms with Gasteiger partial charge in [-0.15, -0.1) is 6.58 Å². The summed E-state index contributed by atoms with van der Waals surface area (Å²) in [6.07, 6.45) is 6.11. The van der Waals surface area contributed by atoms with Crippen molar-refractivity contribution in [3.8, 4) is 34.2 Å². The minimum Gasteiger partial charge on any atom is -0.255 e. The summed E-state index contributed by atoms with van der Waals surface area (Å²) in [6, 6.07) is 21.0. The summed E-state index contributed by atoms with van der Waals surface area (Å²) in [5.74, 6) is 6.29. The second-order valence-corrected chi connectivity index (χ2v) is 7.30. The van der Waals surface area contributed by atoms with Crippen LogP contribution in [-0.4, -0.2) is 11.7 Å². The Morgan fingerprint density at radius 2 is 1.62 bits per heavy atom. The average molecular weight is 384 g/mol. The maximum absolute atomic E-state index is 12.4. The fraction of sp³-hybridized carbons (Fsp3) is 0.222. The summed E-state index contributed by atoms with van der Waals surface area (Å²) in [4.78, 5) is 4.54. The summed E-state index contributed by atoms with van der Waals surface area (Å²) in [5, 5.41) is 0. The van der Waals surface area contributed by atoms with E-state index in [1.807, 2.05) is 25.1 Å². The lowest BCUT2D eigenvalue weighted by Gasteiger charge is -2.06. The van der Waals surface area contributed by atoms with E-state index in [9.17, 15) is 4.39 Å². The first kappa shape index (κ1) is 20.6. The molecule has 0 aliphatic rings. The van der Waals surface area contributed by atoms with Gasteiger partial charge in [0.15, 0.2) is 0 Å². The predicted molar refractivity (Wildman–Crippen MR) is 120 cm³/mol. The van der Waals surface area contributed by atoms with Crippen molar-refractivity contribution in [1.29, 1.82) is 0 Å². The lowest BCUT2D eigenvalue weighted by Crippen LogP contribution is -1.94. The highest BCUT2D eigenvalue weighted by atomic mass is 19.1. The van der Waals surface area contributed by atoms with Crippen molar-refractivity contribution in [2.24, 2.45) is 5.92 Å². The van der Waals surface area contributed by atoms with E-state index in [0.717, 1.165) is 29.7 Å². The number of benzene rings is 2. The SMILES string of the molecule is C=CCc1ccc(-c2ccc(-c3ccc(C#CCCC(C)CF)cn3)cc2)cc1. The van der Waals surface area contributed by atoms with Gasteiger partial charge in [0, 0.05) is 23.7 Å². The lowest BCUT2D eigenvalue weighted by atomic mass is 10.0. The van der Waals surface area contributed by atoms with Crippen LogP contribution in [0.1, 0.15) is 30.9 Å². The topological polar surface area (TPSA) is 12.9 Å². The molecule has 1 heterocycles. The molecule has 3 aromatic rings. The van der Waals surface area contributed by atoms with Crippen LogP contribution < -0.4 is 0 Å². The molecule has 1 nitrogen and oxygen atoms in total. The Labute approximate surface area is 173 Å². The number of rotatable bonds is 7. The van der Waals surface area contributed by atoms with E-state index in [2.05, 4.69) is 71.9 Å². The molecule has 0 saturated heterocycles. The van der Waals surface area contributed by atoms with Crippen LogP contribution in [-0.2, 0) is 6.42 Å². The van der Waals surface area contributed by atoms with Crippen molar-refractivity contribution in [2.75, 3.05) is 6.67 Å². The van der Waals surface area contributed by atoms with Crippen LogP contribution in [0, 0.1) is 17.8 Å². The van der Waals surface area contributed by atoms with Gasteiger partial charge in [0.2, 0.25) is 0 Å². The highest BCUT2D eigenvalue weighted by Crippen LogP contribution is 2.24. The molecule has 0 radical (unpaired) electrons. The fourth-order valence-electron chi connectivity index (χ4n) is 3.03. The van der Waals surface area contributed by atoms with Gasteiger partial charge in [-0.05, 0) is 47.6 Å². The number of halogens is 1. The smallest absolute Gasteiger partial charge is 0.0920 e. The van der Waals surface area contributed by atoms with Crippen molar-refractivity contribution < 1.29 is 4.39 Å². The number of alkyl halides is 1. The van der Waals surface area contributed by atoms with E-state index in [1.165, 1.54) is 16.7 Å². The minimum atomic E-state index is -0.280. The number of hydrogen-bond donors (Lipinski definition) is 0. The Morgan fingerprint density at radius 1 is 0.966 bits per heavy atom. The Balaban J connectivity index is 1.65. The van der Waals surface area contributed by atoms with E-state index >= 15 is 0 Å². The molecule has 0 amide bonds. The molecule has 1 unspecified atom stereocenters. The van der Waals surface area contributed by atoms with Crippen molar-refractivity contribution in [3.63, 3.8) is 0 Å². The molecule has 0 fully saturated rings. The first-order valence-corrected chi connectivity index (χ1v) is 10.0. The maximum atomic E-state index is 12.4. The molecule has 0 N–H and O–H groups in total. The Morgan fingerprint density at radius 3 is 2.21 bits per heavy atom. The first-order chi connectivity index (χ1) is 14.2. The van der Waals surface area contributed by atoms with Gasteiger partial charge in [-0.2, -0.15) is 0 Å². The summed E-state index contributed by atoms with van der Waals surface area (Å²) >= 11 is 0. The minimum absolute atomic E-state index is 0.0813. The molecular weight excluding hydrogens is 357 g/mol. The molecule has 0 spiro atoms. The summed E-state index contributed by atoms with van der Waals surface area (Å²) in [5.41, 5.74) is 6.54. The largest absolute Gasteiger partial charge is 0.255 e. The molecule has 1 atom stereocenters. The number of nitrogens with zero attached hydrogens (tertiary/aromatic N) is 1. The number of hydrogen-bond acceptors (Lipinski definition) is 1. The van der Waals surface area contributed by atoms with Crippen LogP contribution >= 0.6 is 0 Å². The predicted octanol–water partition coefficient (Wildman–Crippen LogP) is 6.88. The Bertz CT molecular complexity index is 974. The second-order valence-electron chi connectivity index (χ2n) is 7.30. The third-order valence-corrected chi connectivity index (χ3v) is 4.87. The summed E-state index contributed by atoms with van der Waals surface area (Å²) < 4.78 is 12.4. The van der Waals surface area contributed by atoms with Gasteiger partial charge < -0.3 is 0 Å². The van der Waals surface area contributed by atoms with Gasteiger partial charge in [0.25, 0.3) is 0 Å². The molecular formula is C27H26FN. The molecule has 1 aromatic heterocycles. The van der Waals surface area contributed by atoms with Gasteiger partial charge in [-0.25, -0.2) is 0 Å². The Hall–Kier alpha value is -3.18. The van der Waals surface area contributed by atoms with E-state index in [4.69, 9.17) is 0 Å². The van der Waals surface area contributed by atoms with Crippen LogP contribution in [0.25, 0.3) is 22.4 Å². The molecule has 2 aromatic carbocycles. The normalized spacial score (nSPS) is 11.4. The third-order valence-electron chi connectivity index (χ3n) is 4.87. The van der Waals surface area contributed by atoms with Crippen LogP contribution in [0.4, 0.5) is 4.39 Å². The van der Waals surface area contributed by atoms with Crippen molar-refractivity contribution in [3.05, 3.63) is 90.6 Å². The highest BCUT2D eigenvalue weighted by Gasteiger charge is 2.02. The van der Waals surface area contributed by atoms with Crippen molar-refractivity contribution >= 4 is 0 Å². The Kier molecular flexibility index (Phi) is 7.36. The zero-order valence-corrected chi connectivity index (χ0v) is 16.9. The molecule has 0 aliphatic heterocycles. The van der Waals surface area contributed by atoms with Crippen LogP contribution in [0.2, 0.25) is 0 Å². The summed E-state index contributed by atoms with van der Waals surface area (Å²) in [6.45, 7) is 5.41. The summed E-state index contributed by atoms with van der Waals surface area (Å²) in [7, 11) is 0. The van der Waals surface area contributed by atoms with Gasteiger partial charge in [0.05, 0.1) is 12.4 Å². The quantitative estimate of drug-likeness (QED) is 0.320. The van der Waals surface area contributed by atoms with Crippen molar-refractivity contribution in [1.82, 2.24) is 4.98 Å². The number of pyridine rings is 1. The zero-order valence-electron chi connectivity index (χ0n) is 16.9. The van der Waals surface area contributed by atoms with Crippen molar-refractivity contribution in [2.45, 2.75) is 26.2 Å². The lowest BCUT2D eigenvalue weighted by molar-refractivity contribution is 0.369. The van der Waals surface area contributed by atoms with Gasteiger partial charge in [-0.1, -0.05) is 73.4 Å². The van der Waals surface area contributed by atoms with E-state index in [1.54, 1.807) is 6.20 Å². The van der Waals surface area contributed by atoms with Gasteiger partial charge in [-0.3, -0.25) is 9.37 Å². The molecule has 0 bridgehead atoms. The van der Waals surface area contributed by atoms with E-state index < -0.39 is 0 Å². The molecule has 0 aliphatic carbocycles. The fourth-order valence-corrected chi connectivity index (χ4v) is 3.03. The van der Waals surface area contributed by atoms with Gasteiger partial charge >= 0.3 is 0 Å². The molecule has 2 heteroatoms. The maximum Gasteiger partial charge on any atom is 0.0920 e. The molecule has 0 saturated carbocycles. The zero-order chi connectivity index (χ0) is 20.5. The standard InChI is InChI=1S/C27H26FN/c1-3-6-22-9-12-24(13-10-22)25-14-16-26(17-15-25)27-18-11-23(20-29-27)8-5-4-7-21(2)19-28/h3,9-18,20-21H,1,4,6-7,19H2,2H3. The average Bonchev–Trinajstić information content (AvgIpc) is 2.78. The molecule has 146 valence electrons. The first-order valence-electron chi connectivity index (χ1n) is 10.0. The number of aromatic nitrogens is 1. The van der Waals surface area contributed by atoms with E-state index in [0.29, 0.717) is 6.42 Å². The van der Waals surface area contributed by atoms with Crippen LogP contribution in [0.5, 0.6) is 0 Å². The third kappa shape index (κ3) is 5.90. The van der Waals surface area contributed by atoms with Crippen LogP contribution in [0.3, 0.4) is 0 Å². The second kappa shape index (κ2) is 10.4. The highest BCUT2D eigenvalue weighted by molar-refractivity contribution is 5.69. The molecule has 29 heavy (non-hydrogen) atoms. The monoisotopic (exact) mass is 383 g/mol. The molecule has 3 rings (SSSR count). The number of allylic oxidation sites excluding steroid dienone is 1. The van der Waals surface area contributed by atoms with Crippen LogP contribution in [0.15, 0.2) is 79.5 Å².